The summed E-state index contributed by atoms with van der Waals surface area (Å²) in [6, 6.07) is 10.2. The van der Waals surface area contributed by atoms with Crippen molar-refractivity contribution in [1.82, 2.24) is 9.88 Å². The number of hydrogen-bond acceptors (Lipinski definition) is 4. The number of carbonyl (C=O) groups excluding carboxylic acids is 1. The minimum atomic E-state index is -0.0364. The van der Waals surface area contributed by atoms with Crippen molar-refractivity contribution in [3.05, 3.63) is 58.4 Å². The highest BCUT2D eigenvalue weighted by atomic mass is 16.1. The summed E-state index contributed by atoms with van der Waals surface area (Å²) >= 11 is 0. The van der Waals surface area contributed by atoms with Crippen LogP contribution in [-0.2, 0) is 18.4 Å². The third-order valence-electron chi connectivity index (χ3n) is 6.21. The van der Waals surface area contributed by atoms with Crippen molar-refractivity contribution in [2.75, 3.05) is 24.5 Å². The van der Waals surface area contributed by atoms with Gasteiger partial charge in [0.15, 0.2) is 5.78 Å². The van der Waals surface area contributed by atoms with Crippen molar-refractivity contribution < 1.29 is 4.79 Å². The van der Waals surface area contributed by atoms with Crippen LogP contribution in [0.4, 0.5) is 5.69 Å². The number of benzene rings is 1. The van der Waals surface area contributed by atoms with E-state index < -0.39 is 0 Å². The lowest BCUT2D eigenvalue weighted by molar-refractivity contribution is 0.0962. The summed E-state index contributed by atoms with van der Waals surface area (Å²) in [4.78, 5) is 22.0. The van der Waals surface area contributed by atoms with Gasteiger partial charge in [0.1, 0.15) is 11.5 Å². The van der Waals surface area contributed by atoms with Gasteiger partial charge in [-0.3, -0.25) is 10.2 Å². The fourth-order valence-corrected chi connectivity index (χ4v) is 4.44. The van der Waals surface area contributed by atoms with Gasteiger partial charge in [-0.2, -0.15) is 0 Å². The Labute approximate surface area is 179 Å². The fourth-order valence-electron chi connectivity index (χ4n) is 4.44. The normalized spacial score (nSPS) is 16.3. The summed E-state index contributed by atoms with van der Waals surface area (Å²) in [7, 11) is 0. The van der Waals surface area contributed by atoms with E-state index in [-0.39, 0.29) is 17.7 Å². The predicted octanol–water partition coefficient (Wildman–Crippen LogP) is 4.57. The zero-order valence-corrected chi connectivity index (χ0v) is 18.6. The molecule has 0 bridgehead atoms. The Morgan fingerprint density at radius 1 is 1.13 bits per heavy atom. The maximum absolute atomic E-state index is 13.2. The van der Waals surface area contributed by atoms with Gasteiger partial charge in [0, 0.05) is 42.1 Å². The first kappa shape index (κ1) is 20.6. The number of carbonyl (C=O) groups is 1. The van der Waals surface area contributed by atoms with Crippen LogP contribution in [0.3, 0.4) is 0 Å². The molecule has 1 aromatic carbocycles. The summed E-state index contributed by atoms with van der Waals surface area (Å²) in [5.41, 5.74) is 5.92. The molecule has 3 heterocycles. The van der Waals surface area contributed by atoms with Crippen molar-refractivity contribution in [2.24, 2.45) is 0 Å². The summed E-state index contributed by atoms with van der Waals surface area (Å²) in [6.45, 7) is 11.7. The molecule has 0 saturated carbocycles. The lowest BCUT2D eigenvalue weighted by Gasteiger charge is -2.29. The van der Waals surface area contributed by atoms with E-state index in [0.717, 1.165) is 42.0 Å². The van der Waals surface area contributed by atoms with Crippen molar-refractivity contribution in [1.29, 1.82) is 5.41 Å². The highest BCUT2D eigenvalue weighted by Gasteiger charge is 2.29. The Hall–Kier alpha value is -2.69. The van der Waals surface area contributed by atoms with Crippen LogP contribution in [0.15, 0.2) is 30.3 Å². The molecule has 0 amide bonds. The Kier molecular flexibility index (Phi) is 5.39. The number of hydrogen-bond donors (Lipinski definition) is 1. The Morgan fingerprint density at radius 2 is 1.87 bits per heavy atom. The third kappa shape index (κ3) is 3.85. The van der Waals surface area contributed by atoms with Crippen LogP contribution >= 0.6 is 0 Å². The summed E-state index contributed by atoms with van der Waals surface area (Å²) in [6.07, 6.45) is 3.31. The Balaban J connectivity index is 1.56. The molecule has 4 rings (SSSR count). The van der Waals surface area contributed by atoms with E-state index in [1.807, 2.05) is 23.1 Å². The summed E-state index contributed by atoms with van der Waals surface area (Å²) in [5.74, 6) is 0.417. The highest BCUT2D eigenvalue weighted by molar-refractivity contribution is 6.04. The SMILES string of the molecule is CCc1ccc2c(n1)C(=N)N(CC(=O)c1ccc(N3CCCC3)c(C(C)(C)C)c1)C2. The average Bonchev–Trinajstić information content (AvgIpc) is 3.35. The van der Waals surface area contributed by atoms with Crippen LogP contribution in [0.2, 0.25) is 0 Å². The number of aromatic nitrogens is 1. The van der Waals surface area contributed by atoms with Crippen molar-refractivity contribution in [3.8, 4) is 0 Å². The maximum atomic E-state index is 13.2. The number of ketones is 1. The monoisotopic (exact) mass is 404 g/mol. The minimum absolute atomic E-state index is 0.0364. The largest absolute Gasteiger partial charge is 0.371 e. The third-order valence-corrected chi connectivity index (χ3v) is 6.21. The lowest BCUT2D eigenvalue weighted by Crippen LogP contribution is -2.31. The number of pyridine rings is 1. The maximum Gasteiger partial charge on any atom is 0.182 e. The first-order valence-corrected chi connectivity index (χ1v) is 11.0. The van der Waals surface area contributed by atoms with Gasteiger partial charge in [0.2, 0.25) is 0 Å². The van der Waals surface area contributed by atoms with Gasteiger partial charge >= 0.3 is 0 Å². The molecular weight excluding hydrogens is 372 g/mol. The Morgan fingerprint density at radius 3 is 2.53 bits per heavy atom. The zero-order chi connectivity index (χ0) is 21.5. The molecule has 2 aliphatic heterocycles. The molecule has 0 aliphatic carbocycles. The molecule has 2 aromatic rings. The first-order valence-electron chi connectivity index (χ1n) is 11.0. The standard InChI is InChI=1S/C25H32N4O/c1-5-19-10-8-18-15-29(24(26)23(18)27-19)16-22(30)17-9-11-21(28-12-6-7-13-28)20(14-17)25(2,3)4/h8-11,14,26H,5-7,12-13,15-16H2,1-4H3. The second-order valence-electron chi connectivity index (χ2n) is 9.47. The number of aryl methyl sites for hydroxylation is 1. The van der Waals surface area contributed by atoms with Crippen LogP contribution in [0.25, 0.3) is 0 Å². The molecule has 1 saturated heterocycles. The number of Topliss-reactive ketones (excluding diaryl/α,β-unsaturated/α-hetero) is 1. The van der Waals surface area contributed by atoms with E-state index in [1.165, 1.54) is 24.1 Å². The first-order chi connectivity index (χ1) is 14.3. The molecule has 30 heavy (non-hydrogen) atoms. The van der Waals surface area contributed by atoms with Crippen LogP contribution in [-0.4, -0.2) is 41.1 Å². The van der Waals surface area contributed by atoms with Gasteiger partial charge in [-0.05, 0) is 54.5 Å². The number of fused-ring (bicyclic) bond motifs is 1. The van der Waals surface area contributed by atoms with E-state index in [4.69, 9.17) is 5.41 Å². The molecule has 0 radical (unpaired) electrons. The predicted molar refractivity (Wildman–Crippen MR) is 122 cm³/mol. The number of nitrogens with one attached hydrogen (secondary N) is 1. The smallest absolute Gasteiger partial charge is 0.182 e. The van der Waals surface area contributed by atoms with Crippen LogP contribution in [0.1, 0.15) is 73.4 Å². The van der Waals surface area contributed by atoms with Crippen molar-refractivity contribution in [3.63, 3.8) is 0 Å². The quantitative estimate of drug-likeness (QED) is 0.742. The molecule has 0 atom stereocenters. The van der Waals surface area contributed by atoms with E-state index in [1.54, 1.807) is 0 Å². The van der Waals surface area contributed by atoms with Crippen molar-refractivity contribution in [2.45, 2.75) is 58.9 Å². The zero-order valence-electron chi connectivity index (χ0n) is 18.6. The number of nitrogens with zero attached hydrogens (tertiary/aromatic N) is 3. The molecule has 0 unspecified atom stereocenters. The average molecular weight is 405 g/mol. The van der Waals surface area contributed by atoms with Crippen molar-refractivity contribution >= 4 is 17.3 Å². The lowest BCUT2D eigenvalue weighted by atomic mass is 9.84. The van der Waals surface area contributed by atoms with E-state index in [0.29, 0.717) is 12.4 Å². The van der Waals surface area contributed by atoms with Crippen LogP contribution in [0.5, 0.6) is 0 Å². The second-order valence-corrected chi connectivity index (χ2v) is 9.47. The Bertz CT molecular complexity index is 983. The molecule has 5 nitrogen and oxygen atoms in total. The minimum Gasteiger partial charge on any atom is -0.371 e. The van der Waals surface area contributed by atoms with E-state index in [9.17, 15) is 4.79 Å². The number of amidine groups is 1. The van der Waals surface area contributed by atoms with E-state index >= 15 is 0 Å². The molecule has 1 aromatic heterocycles. The number of rotatable bonds is 5. The summed E-state index contributed by atoms with van der Waals surface area (Å²) < 4.78 is 0. The van der Waals surface area contributed by atoms with Gasteiger partial charge in [0.05, 0.1) is 6.54 Å². The molecular formula is C25H32N4O. The molecule has 2 aliphatic rings. The molecule has 5 heteroatoms. The second kappa shape index (κ2) is 7.86. The highest BCUT2D eigenvalue weighted by Crippen LogP contribution is 2.35. The van der Waals surface area contributed by atoms with Crippen LogP contribution < -0.4 is 4.90 Å². The fraction of sp³-hybridized carbons (Fsp3) is 0.480. The molecule has 1 fully saturated rings. The molecule has 1 N–H and O–H groups in total. The van der Waals surface area contributed by atoms with Gasteiger partial charge < -0.3 is 9.80 Å². The molecule has 0 spiro atoms. The van der Waals surface area contributed by atoms with Gasteiger partial charge in [-0.1, -0.05) is 33.8 Å². The van der Waals surface area contributed by atoms with Gasteiger partial charge in [-0.15, -0.1) is 0 Å². The van der Waals surface area contributed by atoms with Gasteiger partial charge in [0.25, 0.3) is 0 Å². The van der Waals surface area contributed by atoms with Gasteiger partial charge in [-0.25, -0.2) is 4.98 Å². The summed E-state index contributed by atoms with van der Waals surface area (Å²) in [5, 5.41) is 8.51. The van der Waals surface area contributed by atoms with Crippen LogP contribution in [0, 0.1) is 5.41 Å². The molecule has 158 valence electrons. The topological polar surface area (TPSA) is 60.3 Å². The van der Waals surface area contributed by atoms with E-state index in [2.05, 4.69) is 49.7 Å². The number of anilines is 1.